The average molecular weight is 279 g/mol. The zero-order valence-corrected chi connectivity index (χ0v) is 12.0. The molecule has 0 bridgehead atoms. The van der Waals surface area contributed by atoms with E-state index >= 15 is 0 Å². The van der Waals surface area contributed by atoms with E-state index in [4.69, 9.17) is 4.42 Å². The smallest absolute Gasteiger partial charge is 0.231 e. The second-order valence-corrected chi connectivity index (χ2v) is 5.29. The van der Waals surface area contributed by atoms with E-state index in [0.717, 1.165) is 16.7 Å². The number of hydrogen-bond acceptors (Lipinski definition) is 4. The van der Waals surface area contributed by atoms with E-state index in [0.29, 0.717) is 5.75 Å². The summed E-state index contributed by atoms with van der Waals surface area (Å²) in [7, 11) is 1.90. The van der Waals surface area contributed by atoms with Gasteiger partial charge in [-0.05, 0) is 26.0 Å². The lowest BCUT2D eigenvalue weighted by atomic mass is 10.2. The number of nitrogens with one attached hydrogen (secondary N) is 1. The lowest BCUT2D eigenvalue weighted by molar-refractivity contribution is -0.119. The molecule has 0 fully saturated rings. The fourth-order valence-electron chi connectivity index (χ4n) is 1.66. The molecule has 1 N–H and O–H groups in total. The molecule has 1 atom stereocenters. The summed E-state index contributed by atoms with van der Waals surface area (Å²) in [4.78, 5) is 16.0. The van der Waals surface area contributed by atoms with Crippen molar-refractivity contribution in [3.63, 3.8) is 0 Å². The van der Waals surface area contributed by atoms with Crippen LogP contribution in [0.15, 0.2) is 34.1 Å². The predicted molar refractivity (Wildman–Crippen MR) is 73.9 cm³/mol. The maximum absolute atomic E-state index is 11.8. The lowest BCUT2D eigenvalue weighted by Crippen LogP contribution is -2.28. The number of rotatable bonds is 5. The second kappa shape index (κ2) is 5.97. The highest BCUT2D eigenvalue weighted by Gasteiger charge is 2.13. The predicted octanol–water partition coefficient (Wildman–Crippen LogP) is 2.29. The van der Waals surface area contributed by atoms with Crippen LogP contribution in [0.25, 0.3) is 0 Å². The van der Waals surface area contributed by atoms with E-state index in [2.05, 4.69) is 10.3 Å². The summed E-state index contributed by atoms with van der Waals surface area (Å²) >= 11 is 1.41. The van der Waals surface area contributed by atoms with Gasteiger partial charge in [-0.25, -0.2) is 4.98 Å². The van der Waals surface area contributed by atoms with Crippen LogP contribution in [0.5, 0.6) is 0 Å². The number of aryl methyl sites for hydroxylation is 2. The Bertz CT molecular complexity index is 562. The number of thioether (sulfide) groups is 1. The molecule has 102 valence electrons. The molecule has 1 amide bonds. The Morgan fingerprint density at radius 1 is 1.58 bits per heavy atom. The summed E-state index contributed by atoms with van der Waals surface area (Å²) < 4.78 is 7.36. The molecule has 6 heteroatoms. The number of hydrogen-bond donors (Lipinski definition) is 1. The van der Waals surface area contributed by atoms with E-state index in [1.807, 2.05) is 43.8 Å². The third-order valence-electron chi connectivity index (χ3n) is 2.67. The Morgan fingerprint density at radius 2 is 2.37 bits per heavy atom. The van der Waals surface area contributed by atoms with Crippen molar-refractivity contribution in [1.29, 1.82) is 0 Å². The van der Waals surface area contributed by atoms with Crippen molar-refractivity contribution >= 4 is 17.7 Å². The second-order valence-electron chi connectivity index (χ2n) is 4.35. The number of carbonyl (C=O) groups is 1. The van der Waals surface area contributed by atoms with Gasteiger partial charge in [-0.2, -0.15) is 0 Å². The highest BCUT2D eigenvalue weighted by molar-refractivity contribution is 7.99. The van der Waals surface area contributed by atoms with Gasteiger partial charge in [0.15, 0.2) is 5.16 Å². The number of amides is 1. The Hall–Kier alpha value is -1.69. The van der Waals surface area contributed by atoms with Gasteiger partial charge in [-0.3, -0.25) is 4.79 Å². The first-order valence-electron chi connectivity index (χ1n) is 6.02. The SMILES string of the molecule is Cc1ccc([C@@H](C)NC(=O)CSc2nccn2C)o1. The first kappa shape index (κ1) is 13.7. The van der Waals surface area contributed by atoms with Crippen LogP contribution in [0.2, 0.25) is 0 Å². The fraction of sp³-hybridized carbons (Fsp3) is 0.385. The highest BCUT2D eigenvalue weighted by Crippen LogP contribution is 2.17. The Balaban J connectivity index is 1.83. The van der Waals surface area contributed by atoms with Gasteiger partial charge in [0, 0.05) is 19.4 Å². The van der Waals surface area contributed by atoms with Gasteiger partial charge in [0.05, 0.1) is 11.8 Å². The molecule has 0 saturated heterocycles. The van der Waals surface area contributed by atoms with Gasteiger partial charge < -0.3 is 14.3 Å². The van der Waals surface area contributed by atoms with Gasteiger partial charge in [-0.1, -0.05) is 11.8 Å². The number of carbonyl (C=O) groups excluding carboxylic acids is 1. The van der Waals surface area contributed by atoms with Crippen LogP contribution in [0, 0.1) is 6.92 Å². The molecule has 0 aliphatic carbocycles. The van der Waals surface area contributed by atoms with Crippen LogP contribution >= 0.6 is 11.8 Å². The van der Waals surface area contributed by atoms with Crippen molar-refractivity contribution in [1.82, 2.24) is 14.9 Å². The van der Waals surface area contributed by atoms with Crippen LogP contribution in [0.4, 0.5) is 0 Å². The first-order chi connectivity index (χ1) is 9.06. The summed E-state index contributed by atoms with van der Waals surface area (Å²) in [5, 5.41) is 3.73. The molecule has 0 radical (unpaired) electrons. The zero-order valence-electron chi connectivity index (χ0n) is 11.2. The summed E-state index contributed by atoms with van der Waals surface area (Å²) in [6, 6.07) is 3.65. The molecular weight excluding hydrogens is 262 g/mol. The summed E-state index contributed by atoms with van der Waals surface area (Å²) in [5.74, 6) is 1.93. The topological polar surface area (TPSA) is 60.1 Å². The van der Waals surface area contributed by atoms with E-state index in [-0.39, 0.29) is 11.9 Å². The molecule has 0 spiro atoms. The lowest BCUT2D eigenvalue weighted by Gasteiger charge is -2.11. The normalized spacial score (nSPS) is 12.4. The molecule has 0 aliphatic heterocycles. The van der Waals surface area contributed by atoms with Crippen molar-refractivity contribution in [3.8, 4) is 0 Å². The minimum absolute atomic E-state index is 0.0328. The zero-order chi connectivity index (χ0) is 13.8. The first-order valence-corrected chi connectivity index (χ1v) is 7.00. The summed E-state index contributed by atoms with van der Waals surface area (Å²) in [6.45, 7) is 3.79. The third-order valence-corrected chi connectivity index (χ3v) is 3.73. The molecule has 19 heavy (non-hydrogen) atoms. The molecule has 2 heterocycles. The molecular formula is C13H17N3O2S. The van der Waals surface area contributed by atoms with E-state index in [9.17, 15) is 4.79 Å². The molecule has 2 aromatic heterocycles. The molecule has 2 aromatic rings. The maximum Gasteiger partial charge on any atom is 0.231 e. The van der Waals surface area contributed by atoms with Crippen LogP contribution in [-0.4, -0.2) is 21.2 Å². The third kappa shape index (κ3) is 3.64. The van der Waals surface area contributed by atoms with Crippen molar-refractivity contribution in [2.24, 2.45) is 7.05 Å². The van der Waals surface area contributed by atoms with Gasteiger partial charge >= 0.3 is 0 Å². The van der Waals surface area contributed by atoms with Gasteiger partial charge in [-0.15, -0.1) is 0 Å². The molecule has 0 unspecified atom stereocenters. The van der Waals surface area contributed by atoms with Crippen molar-refractivity contribution in [3.05, 3.63) is 36.0 Å². The van der Waals surface area contributed by atoms with Crippen molar-refractivity contribution in [2.75, 3.05) is 5.75 Å². The van der Waals surface area contributed by atoms with Crippen LogP contribution in [-0.2, 0) is 11.8 Å². The number of nitrogens with zero attached hydrogens (tertiary/aromatic N) is 2. The summed E-state index contributed by atoms with van der Waals surface area (Å²) in [5.41, 5.74) is 0. The van der Waals surface area contributed by atoms with Gasteiger partial charge in [0.1, 0.15) is 11.5 Å². The van der Waals surface area contributed by atoms with Crippen LogP contribution < -0.4 is 5.32 Å². The van der Waals surface area contributed by atoms with E-state index < -0.39 is 0 Å². The molecule has 5 nitrogen and oxygen atoms in total. The Morgan fingerprint density at radius 3 is 2.95 bits per heavy atom. The van der Waals surface area contributed by atoms with Crippen molar-refractivity contribution < 1.29 is 9.21 Å². The molecule has 0 aliphatic rings. The minimum Gasteiger partial charge on any atom is -0.464 e. The number of aromatic nitrogens is 2. The standard InChI is InChI=1S/C13H17N3O2S/c1-9-4-5-11(18-9)10(2)15-12(17)8-19-13-14-6-7-16(13)3/h4-7,10H,8H2,1-3H3,(H,15,17)/t10-/m1/s1. The van der Waals surface area contributed by atoms with E-state index in [1.54, 1.807) is 6.20 Å². The Kier molecular flexibility index (Phi) is 4.31. The largest absolute Gasteiger partial charge is 0.464 e. The monoisotopic (exact) mass is 279 g/mol. The molecule has 0 saturated carbocycles. The molecule has 2 rings (SSSR count). The van der Waals surface area contributed by atoms with Gasteiger partial charge in [0.2, 0.25) is 5.91 Å². The Labute approximate surface area is 116 Å². The number of imidazole rings is 1. The fourth-order valence-corrected chi connectivity index (χ4v) is 2.40. The van der Waals surface area contributed by atoms with E-state index in [1.165, 1.54) is 11.8 Å². The minimum atomic E-state index is -0.122. The average Bonchev–Trinajstić information content (AvgIpc) is 2.95. The maximum atomic E-state index is 11.8. The van der Waals surface area contributed by atoms with Crippen LogP contribution in [0.3, 0.4) is 0 Å². The number of furan rings is 1. The van der Waals surface area contributed by atoms with Crippen molar-refractivity contribution in [2.45, 2.75) is 25.0 Å². The summed E-state index contributed by atoms with van der Waals surface area (Å²) in [6.07, 6.45) is 3.57. The van der Waals surface area contributed by atoms with Crippen LogP contribution in [0.1, 0.15) is 24.5 Å². The quantitative estimate of drug-likeness (QED) is 0.853. The van der Waals surface area contributed by atoms with Gasteiger partial charge in [0.25, 0.3) is 0 Å². The molecule has 0 aromatic carbocycles. The highest BCUT2D eigenvalue weighted by atomic mass is 32.2.